The van der Waals surface area contributed by atoms with Gasteiger partial charge in [-0.3, -0.25) is 0 Å². The fraction of sp³-hybridized carbons (Fsp3) is 0.412. The molecule has 0 saturated heterocycles. The molecule has 0 radical (unpaired) electrons. The molecule has 0 fully saturated rings. The van der Waals surface area contributed by atoms with Crippen molar-refractivity contribution in [3.63, 3.8) is 0 Å². The van der Waals surface area contributed by atoms with Crippen molar-refractivity contribution in [3.05, 3.63) is 99.6 Å². The first-order chi connectivity index (χ1) is 20.5. The number of hydrogen-bond donors (Lipinski definition) is 2. The largest absolute Gasteiger partial charge is 0.573 e. The summed E-state index contributed by atoms with van der Waals surface area (Å²) < 4.78 is 48.1. The number of rotatable bonds is 14. The Labute approximate surface area is 253 Å². The maximum absolute atomic E-state index is 12.8. The summed E-state index contributed by atoms with van der Waals surface area (Å²) in [4.78, 5) is 4.60. The molecule has 0 saturated carbocycles. The van der Waals surface area contributed by atoms with Gasteiger partial charge in [-0.05, 0) is 115 Å². The minimum absolute atomic E-state index is 0.0931. The smallest absolute Gasteiger partial charge is 0.497 e. The van der Waals surface area contributed by atoms with Crippen LogP contribution in [0.15, 0.2) is 60.7 Å². The Morgan fingerprint density at radius 1 is 0.837 bits per heavy atom. The third kappa shape index (κ3) is 8.83. The second-order valence-electron chi connectivity index (χ2n) is 11.4. The van der Waals surface area contributed by atoms with Crippen LogP contribution in [0.2, 0.25) is 0 Å². The SMILES string of the molecule is COc1cc(C)cc(CN(C)CCN(C)Cc2ccc3c(c2)C(c2ccc(OC(F)(F)F)cc2CN)=CC3CCCN)c1. The van der Waals surface area contributed by atoms with Crippen LogP contribution in [-0.2, 0) is 19.6 Å². The number of nitrogens with two attached hydrogens (primary N) is 2. The van der Waals surface area contributed by atoms with E-state index in [1.165, 1.54) is 34.4 Å². The van der Waals surface area contributed by atoms with Gasteiger partial charge in [-0.1, -0.05) is 30.3 Å². The highest BCUT2D eigenvalue weighted by atomic mass is 19.4. The van der Waals surface area contributed by atoms with Crippen LogP contribution in [0.4, 0.5) is 13.2 Å². The van der Waals surface area contributed by atoms with E-state index in [0.29, 0.717) is 12.1 Å². The molecule has 232 valence electrons. The molecular formula is C34H43F3N4O2. The van der Waals surface area contributed by atoms with Gasteiger partial charge in [0.1, 0.15) is 11.5 Å². The molecule has 0 heterocycles. The Balaban J connectivity index is 1.49. The van der Waals surface area contributed by atoms with Gasteiger partial charge >= 0.3 is 6.36 Å². The van der Waals surface area contributed by atoms with E-state index in [2.05, 4.69) is 72.0 Å². The normalized spacial score (nSPS) is 14.8. The number of allylic oxidation sites excluding steroid dienone is 1. The minimum atomic E-state index is -4.76. The molecular weight excluding hydrogens is 553 g/mol. The standard InChI is InChI=1S/C34H43F3N4O2/c1-23-14-25(16-29(15-23)42-4)22-41(3)13-12-40(2)21-24-7-9-30-26(6-5-11-38)19-33(32(30)17-24)31-10-8-28(18-27(31)20-39)43-34(35,36)37/h7-10,14-19,26H,5-6,11-13,20-22,38-39H2,1-4H3. The molecule has 6 nitrogen and oxygen atoms in total. The number of hydrogen-bond acceptors (Lipinski definition) is 6. The van der Waals surface area contributed by atoms with Crippen LogP contribution in [-0.4, -0.2) is 57.0 Å². The number of aryl methyl sites for hydroxylation is 1. The van der Waals surface area contributed by atoms with E-state index in [1.54, 1.807) is 13.2 Å². The zero-order chi connectivity index (χ0) is 31.1. The molecule has 1 unspecified atom stereocenters. The van der Waals surface area contributed by atoms with E-state index in [-0.39, 0.29) is 18.2 Å². The van der Waals surface area contributed by atoms with Crippen LogP contribution in [0.3, 0.4) is 0 Å². The highest BCUT2D eigenvalue weighted by molar-refractivity contribution is 5.87. The van der Waals surface area contributed by atoms with Gasteiger partial charge in [0.25, 0.3) is 0 Å². The highest BCUT2D eigenvalue weighted by Gasteiger charge is 2.32. The molecule has 1 aliphatic carbocycles. The monoisotopic (exact) mass is 596 g/mol. The summed E-state index contributed by atoms with van der Waals surface area (Å²) in [6.07, 6.45) is -0.770. The van der Waals surface area contributed by atoms with Crippen molar-refractivity contribution in [2.45, 2.75) is 51.7 Å². The van der Waals surface area contributed by atoms with E-state index < -0.39 is 6.36 Å². The first kappa shape index (κ1) is 32.5. The van der Waals surface area contributed by atoms with Crippen LogP contribution in [0.5, 0.6) is 11.5 Å². The van der Waals surface area contributed by atoms with Crippen molar-refractivity contribution in [3.8, 4) is 11.5 Å². The van der Waals surface area contributed by atoms with Gasteiger partial charge in [0.2, 0.25) is 0 Å². The summed E-state index contributed by atoms with van der Waals surface area (Å²) in [5, 5.41) is 0. The Morgan fingerprint density at radius 2 is 1.56 bits per heavy atom. The van der Waals surface area contributed by atoms with Crippen molar-refractivity contribution in [2.75, 3.05) is 40.8 Å². The molecule has 0 aromatic heterocycles. The van der Waals surface area contributed by atoms with Gasteiger partial charge in [-0.2, -0.15) is 0 Å². The van der Waals surface area contributed by atoms with Crippen LogP contribution < -0.4 is 20.9 Å². The zero-order valence-electron chi connectivity index (χ0n) is 25.5. The lowest BCUT2D eigenvalue weighted by Crippen LogP contribution is -2.30. The van der Waals surface area contributed by atoms with Gasteiger partial charge in [-0.15, -0.1) is 13.2 Å². The number of fused-ring (bicyclic) bond motifs is 1. The summed E-state index contributed by atoms with van der Waals surface area (Å²) in [5.41, 5.74) is 20.1. The third-order valence-corrected chi connectivity index (χ3v) is 7.83. The fourth-order valence-electron chi connectivity index (χ4n) is 5.81. The number of benzene rings is 3. The molecule has 3 aromatic rings. The van der Waals surface area contributed by atoms with Gasteiger partial charge < -0.3 is 30.7 Å². The Bertz CT molecular complexity index is 1420. The number of nitrogens with zero attached hydrogens (tertiary/aromatic N) is 2. The molecule has 0 bridgehead atoms. The highest BCUT2D eigenvalue weighted by Crippen LogP contribution is 2.43. The second kappa shape index (κ2) is 14.4. The Morgan fingerprint density at radius 3 is 2.21 bits per heavy atom. The summed E-state index contributed by atoms with van der Waals surface area (Å²) in [6.45, 7) is 6.15. The Hall–Kier alpha value is -3.37. The van der Waals surface area contributed by atoms with Crippen LogP contribution in [0.1, 0.15) is 57.7 Å². The predicted molar refractivity (Wildman–Crippen MR) is 166 cm³/mol. The molecule has 0 amide bonds. The first-order valence-electron chi connectivity index (χ1n) is 14.7. The topological polar surface area (TPSA) is 77.0 Å². The van der Waals surface area contributed by atoms with Crippen molar-refractivity contribution >= 4 is 5.57 Å². The van der Waals surface area contributed by atoms with E-state index in [0.717, 1.165) is 61.5 Å². The van der Waals surface area contributed by atoms with Crippen molar-refractivity contribution in [1.29, 1.82) is 0 Å². The predicted octanol–water partition coefficient (Wildman–Crippen LogP) is 6.19. The van der Waals surface area contributed by atoms with Gasteiger partial charge in [0.05, 0.1) is 7.11 Å². The van der Waals surface area contributed by atoms with Gasteiger partial charge in [0, 0.05) is 38.6 Å². The van der Waals surface area contributed by atoms with E-state index in [1.807, 2.05) is 6.07 Å². The number of halogens is 3. The summed E-state index contributed by atoms with van der Waals surface area (Å²) in [5.74, 6) is 0.794. The van der Waals surface area contributed by atoms with E-state index in [4.69, 9.17) is 16.2 Å². The van der Waals surface area contributed by atoms with Gasteiger partial charge in [-0.25, -0.2) is 0 Å². The molecule has 43 heavy (non-hydrogen) atoms. The Kier molecular flexibility index (Phi) is 10.9. The van der Waals surface area contributed by atoms with Crippen molar-refractivity contribution in [2.24, 2.45) is 11.5 Å². The lowest BCUT2D eigenvalue weighted by atomic mass is 9.92. The fourth-order valence-corrected chi connectivity index (χ4v) is 5.81. The van der Waals surface area contributed by atoms with E-state index in [9.17, 15) is 13.2 Å². The maximum atomic E-state index is 12.8. The van der Waals surface area contributed by atoms with Gasteiger partial charge in [0.15, 0.2) is 0 Å². The summed E-state index contributed by atoms with van der Waals surface area (Å²) in [7, 11) is 5.93. The first-order valence-corrected chi connectivity index (χ1v) is 14.7. The number of likely N-dealkylation sites (N-methyl/N-ethyl adjacent to an activating group) is 2. The molecule has 4 rings (SSSR count). The molecule has 9 heteroatoms. The number of methoxy groups -OCH3 is 1. The number of alkyl halides is 3. The van der Waals surface area contributed by atoms with Crippen LogP contribution >= 0.6 is 0 Å². The zero-order valence-corrected chi connectivity index (χ0v) is 25.5. The van der Waals surface area contributed by atoms with Crippen molar-refractivity contribution < 1.29 is 22.6 Å². The summed E-state index contributed by atoms with van der Waals surface area (Å²) >= 11 is 0. The van der Waals surface area contributed by atoms with Crippen LogP contribution in [0.25, 0.3) is 5.57 Å². The molecule has 0 spiro atoms. The molecule has 4 N–H and O–H groups in total. The molecule has 1 atom stereocenters. The average Bonchev–Trinajstić information content (AvgIpc) is 3.31. The maximum Gasteiger partial charge on any atom is 0.573 e. The van der Waals surface area contributed by atoms with Crippen molar-refractivity contribution in [1.82, 2.24) is 9.80 Å². The minimum Gasteiger partial charge on any atom is -0.497 e. The second-order valence-corrected chi connectivity index (χ2v) is 11.4. The molecule has 1 aliphatic rings. The lowest BCUT2D eigenvalue weighted by molar-refractivity contribution is -0.274. The molecule has 0 aliphatic heterocycles. The summed E-state index contributed by atoms with van der Waals surface area (Å²) in [6, 6.07) is 17.3. The van der Waals surface area contributed by atoms with E-state index >= 15 is 0 Å². The quantitative estimate of drug-likeness (QED) is 0.231. The lowest BCUT2D eigenvalue weighted by Gasteiger charge is -2.23. The third-order valence-electron chi connectivity index (χ3n) is 7.83. The molecule has 3 aromatic carbocycles. The average molecular weight is 597 g/mol. The van der Waals surface area contributed by atoms with Crippen LogP contribution in [0, 0.1) is 6.92 Å². The number of ether oxygens (including phenoxy) is 2.